The largest absolute Gasteiger partial charge is 0.492 e. The van der Waals surface area contributed by atoms with Crippen molar-refractivity contribution in [1.29, 1.82) is 0 Å². The highest BCUT2D eigenvalue weighted by atomic mass is 16.5. The molecule has 0 saturated carbocycles. The molecule has 1 saturated heterocycles. The predicted molar refractivity (Wildman–Crippen MR) is 83.5 cm³/mol. The molecule has 0 radical (unpaired) electrons. The van der Waals surface area contributed by atoms with Crippen LogP contribution in [0.25, 0.3) is 0 Å². The molecule has 1 heterocycles. The number of carbonyl (C=O) groups excluding carboxylic acids is 2. The van der Waals surface area contributed by atoms with Crippen LogP contribution in [0, 0.1) is 0 Å². The fraction of sp³-hybridized carbons (Fsp3) is 0.467. The summed E-state index contributed by atoms with van der Waals surface area (Å²) >= 11 is 0. The topological polar surface area (TPSA) is 73.9 Å². The lowest BCUT2D eigenvalue weighted by atomic mass is 10.3. The first-order chi connectivity index (χ1) is 10.6. The van der Waals surface area contributed by atoms with Gasteiger partial charge < -0.3 is 15.0 Å². The number of amides is 2. The van der Waals surface area contributed by atoms with Gasteiger partial charge in [0.25, 0.3) is 0 Å². The van der Waals surface area contributed by atoms with Crippen molar-refractivity contribution < 1.29 is 14.3 Å². The number of carbonyl (C=O) groups is 2. The molecule has 7 heteroatoms. The summed E-state index contributed by atoms with van der Waals surface area (Å²) in [6.07, 6.45) is 0. The molecule has 1 aliphatic rings. The third-order valence-corrected chi connectivity index (χ3v) is 3.40. The first-order valence-corrected chi connectivity index (χ1v) is 7.37. The maximum Gasteiger partial charge on any atom is 0.323 e. The Bertz CT molecular complexity index is 527. The zero-order valence-electron chi connectivity index (χ0n) is 13.0. The van der Waals surface area contributed by atoms with E-state index in [1.165, 1.54) is 0 Å². The number of piperazine rings is 1. The molecule has 22 heavy (non-hydrogen) atoms. The van der Waals surface area contributed by atoms with E-state index >= 15 is 0 Å². The van der Waals surface area contributed by atoms with Crippen molar-refractivity contribution >= 4 is 17.5 Å². The van der Waals surface area contributed by atoms with E-state index in [9.17, 15) is 9.59 Å². The molecular formula is C15H22N4O3. The molecule has 0 aliphatic carbocycles. The number of ether oxygens (including phenoxy) is 1. The van der Waals surface area contributed by atoms with Crippen LogP contribution in [-0.2, 0) is 9.59 Å². The fourth-order valence-electron chi connectivity index (χ4n) is 2.14. The second-order valence-electron chi connectivity index (χ2n) is 5.11. The highest BCUT2D eigenvalue weighted by Crippen LogP contribution is 2.23. The van der Waals surface area contributed by atoms with Crippen LogP contribution in [-0.4, -0.2) is 61.6 Å². The normalized spacial score (nSPS) is 16.1. The van der Waals surface area contributed by atoms with Crippen LogP contribution in [0.1, 0.15) is 6.92 Å². The minimum Gasteiger partial charge on any atom is -0.492 e. The van der Waals surface area contributed by atoms with Crippen molar-refractivity contribution in [1.82, 2.24) is 15.3 Å². The minimum atomic E-state index is -0.703. The number of hydrogen-bond acceptors (Lipinski definition) is 5. The van der Waals surface area contributed by atoms with E-state index in [1.54, 1.807) is 23.2 Å². The van der Waals surface area contributed by atoms with Gasteiger partial charge in [-0.3, -0.25) is 15.0 Å². The van der Waals surface area contributed by atoms with Gasteiger partial charge in [0.1, 0.15) is 5.75 Å². The second-order valence-corrected chi connectivity index (χ2v) is 5.11. The molecule has 120 valence electrons. The molecule has 0 bridgehead atoms. The number of nitrogens with zero attached hydrogens (tertiary/aromatic N) is 2. The summed E-state index contributed by atoms with van der Waals surface area (Å²) in [5.41, 5.74) is 3.11. The lowest BCUT2D eigenvalue weighted by molar-refractivity contribution is -0.139. The van der Waals surface area contributed by atoms with Gasteiger partial charge in [0.2, 0.25) is 0 Å². The van der Waals surface area contributed by atoms with Gasteiger partial charge in [-0.1, -0.05) is 12.1 Å². The van der Waals surface area contributed by atoms with Crippen molar-refractivity contribution in [2.45, 2.75) is 6.92 Å². The molecule has 2 amide bonds. The summed E-state index contributed by atoms with van der Waals surface area (Å²) in [6, 6.07) is 7.03. The first-order valence-electron chi connectivity index (χ1n) is 7.37. The van der Waals surface area contributed by atoms with E-state index in [4.69, 9.17) is 4.74 Å². The minimum absolute atomic E-state index is 0.486. The van der Waals surface area contributed by atoms with Crippen molar-refractivity contribution in [3.8, 4) is 5.75 Å². The molecular weight excluding hydrogens is 284 g/mol. The van der Waals surface area contributed by atoms with Gasteiger partial charge in [0, 0.05) is 26.2 Å². The third kappa shape index (κ3) is 4.44. The highest BCUT2D eigenvalue weighted by molar-refractivity contribution is 6.39. The van der Waals surface area contributed by atoms with Crippen molar-refractivity contribution in [3.05, 3.63) is 24.3 Å². The molecule has 0 spiro atoms. The molecule has 1 aromatic carbocycles. The van der Waals surface area contributed by atoms with Crippen LogP contribution in [0.5, 0.6) is 5.75 Å². The Morgan fingerprint density at radius 3 is 2.50 bits per heavy atom. The number of nitrogens with one attached hydrogen (secondary N) is 2. The number of hydrazine groups is 1. The zero-order valence-corrected chi connectivity index (χ0v) is 13.0. The van der Waals surface area contributed by atoms with Gasteiger partial charge >= 0.3 is 11.8 Å². The highest BCUT2D eigenvalue weighted by Gasteiger charge is 2.20. The molecule has 2 rings (SSSR count). The summed E-state index contributed by atoms with van der Waals surface area (Å²) < 4.78 is 5.42. The predicted octanol–water partition coefficient (Wildman–Crippen LogP) is 0.302. The van der Waals surface area contributed by atoms with Crippen molar-refractivity contribution in [3.63, 3.8) is 0 Å². The van der Waals surface area contributed by atoms with E-state index < -0.39 is 11.8 Å². The van der Waals surface area contributed by atoms with Crippen LogP contribution in [0.15, 0.2) is 24.3 Å². The van der Waals surface area contributed by atoms with Gasteiger partial charge in [0.05, 0.1) is 12.3 Å². The van der Waals surface area contributed by atoms with E-state index in [0.717, 1.165) is 13.1 Å². The quantitative estimate of drug-likeness (QED) is 0.783. The molecule has 1 aliphatic heterocycles. The zero-order chi connectivity index (χ0) is 15.9. The Morgan fingerprint density at radius 2 is 1.82 bits per heavy atom. The number of rotatable bonds is 4. The van der Waals surface area contributed by atoms with Crippen LogP contribution < -0.4 is 15.5 Å². The third-order valence-electron chi connectivity index (χ3n) is 3.40. The second kappa shape index (κ2) is 7.77. The van der Waals surface area contributed by atoms with Crippen LogP contribution in [0.3, 0.4) is 0 Å². The summed E-state index contributed by atoms with van der Waals surface area (Å²) in [5, 5.41) is 4.34. The molecule has 0 unspecified atom stereocenters. The summed E-state index contributed by atoms with van der Waals surface area (Å²) in [6.45, 7) is 5.46. The van der Waals surface area contributed by atoms with E-state index in [2.05, 4.69) is 15.6 Å². The van der Waals surface area contributed by atoms with Gasteiger partial charge in [-0.15, -0.1) is 0 Å². The summed E-state index contributed by atoms with van der Waals surface area (Å²) in [7, 11) is 2.02. The number of para-hydroxylation sites is 2. The lowest BCUT2D eigenvalue weighted by Gasteiger charge is -2.32. The average molecular weight is 306 g/mol. The van der Waals surface area contributed by atoms with Crippen molar-refractivity contribution in [2.75, 3.05) is 45.2 Å². The molecule has 2 N–H and O–H groups in total. The Morgan fingerprint density at radius 1 is 1.14 bits per heavy atom. The molecule has 0 atom stereocenters. The van der Waals surface area contributed by atoms with Crippen LogP contribution in [0.2, 0.25) is 0 Å². The number of anilines is 1. The summed E-state index contributed by atoms with van der Waals surface area (Å²) in [5.74, 6) is -0.826. The van der Waals surface area contributed by atoms with Crippen LogP contribution >= 0.6 is 0 Å². The fourth-order valence-corrected chi connectivity index (χ4v) is 2.14. The Kier molecular flexibility index (Phi) is 5.74. The standard InChI is InChI=1S/C15H22N4O3/c1-3-22-13-7-5-4-6-12(13)16-14(20)15(21)17-19-10-8-18(2)9-11-19/h4-7H,3,8-11H2,1-2H3,(H,16,20)(H,17,21). The van der Waals surface area contributed by atoms with E-state index in [0.29, 0.717) is 31.1 Å². The van der Waals surface area contributed by atoms with Crippen molar-refractivity contribution in [2.24, 2.45) is 0 Å². The SMILES string of the molecule is CCOc1ccccc1NC(=O)C(=O)NN1CCN(C)CC1. The van der Waals surface area contributed by atoms with Gasteiger partial charge in [-0.25, -0.2) is 5.01 Å². The van der Waals surface area contributed by atoms with Gasteiger partial charge in [-0.05, 0) is 26.1 Å². The lowest BCUT2D eigenvalue weighted by Crippen LogP contribution is -2.54. The Balaban J connectivity index is 1.90. The first kappa shape index (κ1) is 16.3. The maximum absolute atomic E-state index is 12.0. The van der Waals surface area contributed by atoms with Crippen LogP contribution in [0.4, 0.5) is 5.69 Å². The number of benzene rings is 1. The number of hydrogen-bond donors (Lipinski definition) is 2. The Labute approximate surface area is 130 Å². The smallest absolute Gasteiger partial charge is 0.323 e. The molecule has 0 aromatic heterocycles. The monoisotopic (exact) mass is 306 g/mol. The van der Waals surface area contributed by atoms with Gasteiger partial charge in [-0.2, -0.15) is 0 Å². The average Bonchev–Trinajstić information content (AvgIpc) is 2.51. The summed E-state index contributed by atoms with van der Waals surface area (Å²) in [4.78, 5) is 26.1. The molecule has 7 nitrogen and oxygen atoms in total. The number of likely N-dealkylation sites (N-methyl/N-ethyl adjacent to an activating group) is 1. The van der Waals surface area contributed by atoms with E-state index in [-0.39, 0.29) is 0 Å². The molecule has 1 aromatic rings. The molecule has 1 fully saturated rings. The van der Waals surface area contributed by atoms with Gasteiger partial charge in [0.15, 0.2) is 0 Å². The Hall–Kier alpha value is -2.12. The van der Waals surface area contributed by atoms with E-state index in [1.807, 2.05) is 20.0 Å². The maximum atomic E-state index is 12.0.